The first kappa shape index (κ1) is 12.6. The van der Waals surface area contributed by atoms with E-state index in [9.17, 15) is 9.18 Å². The molecule has 0 aliphatic carbocycles. The zero-order valence-corrected chi connectivity index (χ0v) is 9.29. The second-order valence-electron chi connectivity index (χ2n) is 3.76. The Bertz CT molecular complexity index is 366. The number of carboxylic acid groups (broad SMARTS) is 1. The summed E-state index contributed by atoms with van der Waals surface area (Å²) in [4.78, 5) is 10.2. The van der Waals surface area contributed by atoms with Crippen molar-refractivity contribution in [2.45, 2.75) is 26.3 Å². The van der Waals surface area contributed by atoms with E-state index < -0.39 is 5.97 Å². The van der Waals surface area contributed by atoms with Crippen molar-refractivity contribution >= 4 is 5.97 Å². The Kier molecular flexibility index (Phi) is 4.92. The van der Waals surface area contributed by atoms with Gasteiger partial charge in [0.15, 0.2) is 0 Å². The van der Waals surface area contributed by atoms with Crippen molar-refractivity contribution in [1.82, 2.24) is 5.32 Å². The Morgan fingerprint density at radius 1 is 1.50 bits per heavy atom. The van der Waals surface area contributed by atoms with Crippen LogP contribution in [0.1, 0.15) is 24.0 Å². The first-order valence-corrected chi connectivity index (χ1v) is 5.27. The molecule has 0 saturated carbocycles. The average molecular weight is 225 g/mol. The van der Waals surface area contributed by atoms with Crippen LogP contribution in [0.4, 0.5) is 4.39 Å². The van der Waals surface area contributed by atoms with Gasteiger partial charge in [0.1, 0.15) is 5.82 Å². The highest BCUT2D eigenvalue weighted by Crippen LogP contribution is 2.08. The van der Waals surface area contributed by atoms with E-state index in [1.54, 1.807) is 13.0 Å². The SMILES string of the molecule is Cc1ccc(CNCCCC(=O)O)cc1F. The molecule has 0 heterocycles. The Morgan fingerprint density at radius 3 is 2.88 bits per heavy atom. The largest absolute Gasteiger partial charge is 0.481 e. The lowest BCUT2D eigenvalue weighted by Crippen LogP contribution is -2.15. The fourth-order valence-electron chi connectivity index (χ4n) is 1.34. The number of aliphatic carboxylic acids is 1. The van der Waals surface area contributed by atoms with Gasteiger partial charge in [0, 0.05) is 13.0 Å². The van der Waals surface area contributed by atoms with E-state index in [4.69, 9.17) is 5.11 Å². The van der Waals surface area contributed by atoms with Crippen LogP contribution in [-0.2, 0) is 11.3 Å². The molecule has 0 atom stereocenters. The lowest BCUT2D eigenvalue weighted by molar-refractivity contribution is -0.137. The van der Waals surface area contributed by atoms with Gasteiger partial charge in [-0.1, -0.05) is 12.1 Å². The van der Waals surface area contributed by atoms with E-state index in [2.05, 4.69) is 5.32 Å². The van der Waals surface area contributed by atoms with E-state index in [0.29, 0.717) is 25.1 Å². The van der Waals surface area contributed by atoms with Crippen LogP contribution in [-0.4, -0.2) is 17.6 Å². The van der Waals surface area contributed by atoms with Crippen LogP contribution in [0, 0.1) is 12.7 Å². The molecule has 4 heteroatoms. The maximum absolute atomic E-state index is 13.2. The maximum atomic E-state index is 13.2. The highest BCUT2D eigenvalue weighted by atomic mass is 19.1. The van der Waals surface area contributed by atoms with E-state index in [1.807, 2.05) is 6.07 Å². The van der Waals surface area contributed by atoms with E-state index in [1.165, 1.54) is 6.07 Å². The van der Waals surface area contributed by atoms with Gasteiger partial charge in [-0.2, -0.15) is 0 Å². The zero-order chi connectivity index (χ0) is 12.0. The molecule has 0 spiro atoms. The number of halogens is 1. The molecule has 0 aromatic heterocycles. The summed E-state index contributed by atoms with van der Waals surface area (Å²) >= 11 is 0. The Hall–Kier alpha value is -1.42. The summed E-state index contributed by atoms with van der Waals surface area (Å²) < 4.78 is 13.2. The molecule has 0 bridgehead atoms. The minimum atomic E-state index is -0.789. The number of hydrogen-bond donors (Lipinski definition) is 2. The van der Waals surface area contributed by atoms with Crippen molar-refractivity contribution < 1.29 is 14.3 Å². The molecule has 0 saturated heterocycles. The molecular formula is C12H16FNO2. The highest BCUT2D eigenvalue weighted by molar-refractivity contribution is 5.66. The lowest BCUT2D eigenvalue weighted by Gasteiger charge is -2.05. The Balaban J connectivity index is 2.27. The summed E-state index contributed by atoms with van der Waals surface area (Å²) in [5.74, 6) is -0.993. The normalized spacial score (nSPS) is 10.4. The van der Waals surface area contributed by atoms with Gasteiger partial charge in [0.05, 0.1) is 0 Å². The fourth-order valence-corrected chi connectivity index (χ4v) is 1.34. The van der Waals surface area contributed by atoms with E-state index >= 15 is 0 Å². The van der Waals surface area contributed by atoms with Crippen molar-refractivity contribution in [3.8, 4) is 0 Å². The van der Waals surface area contributed by atoms with Gasteiger partial charge in [0.25, 0.3) is 0 Å². The topological polar surface area (TPSA) is 49.3 Å². The molecule has 16 heavy (non-hydrogen) atoms. The molecule has 1 aromatic rings. The number of rotatable bonds is 6. The number of carbonyl (C=O) groups is 1. The molecule has 3 nitrogen and oxygen atoms in total. The minimum absolute atomic E-state index is 0.162. The molecule has 0 unspecified atom stereocenters. The summed E-state index contributed by atoms with van der Waals surface area (Å²) in [5, 5.41) is 11.5. The number of hydrogen-bond acceptors (Lipinski definition) is 2. The smallest absolute Gasteiger partial charge is 0.303 e. The first-order chi connectivity index (χ1) is 7.59. The van der Waals surface area contributed by atoms with Gasteiger partial charge >= 0.3 is 5.97 Å². The summed E-state index contributed by atoms with van der Waals surface area (Å²) in [5.41, 5.74) is 1.51. The molecule has 2 N–H and O–H groups in total. The molecule has 0 fully saturated rings. The molecule has 1 aromatic carbocycles. The van der Waals surface area contributed by atoms with Gasteiger partial charge < -0.3 is 10.4 Å². The van der Waals surface area contributed by atoms with Gasteiger partial charge in [0.2, 0.25) is 0 Å². The molecule has 0 radical (unpaired) electrons. The van der Waals surface area contributed by atoms with Crippen LogP contribution < -0.4 is 5.32 Å². The molecule has 0 aliphatic heterocycles. The van der Waals surface area contributed by atoms with Crippen molar-refractivity contribution in [3.05, 3.63) is 35.1 Å². The predicted molar refractivity (Wildman–Crippen MR) is 59.7 cm³/mol. The van der Waals surface area contributed by atoms with E-state index in [-0.39, 0.29) is 12.2 Å². The highest BCUT2D eigenvalue weighted by Gasteiger charge is 1.99. The zero-order valence-electron chi connectivity index (χ0n) is 9.29. The summed E-state index contributed by atoms with van der Waals surface area (Å²) in [6, 6.07) is 5.10. The third kappa shape index (κ3) is 4.40. The Morgan fingerprint density at radius 2 is 2.25 bits per heavy atom. The van der Waals surface area contributed by atoms with Crippen LogP contribution in [0.15, 0.2) is 18.2 Å². The van der Waals surface area contributed by atoms with Crippen molar-refractivity contribution in [1.29, 1.82) is 0 Å². The Labute approximate surface area is 94.3 Å². The summed E-state index contributed by atoms with van der Waals surface area (Å²) in [6.45, 7) is 2.91. The monoisotopic (exact) mass is 225 g/mol. The van der Waals surface area contributed by atoms with Crippen LogP contribution in [0.25, 0.3) is 0 Å². The van der Waals surface area contributed by atoms with Crippen LogP contribution in [0.3, 0.4) is 0 Å². The van der Waals surface area contributed by atoms with Crippen molar-refractivity contribution in [3.63, 3.8) is 0 Å². The van der Waals surface area contributed by atoms with Gasteiger partial charge in [-0.05, 0) is 37.1 Å². The number of nitrogens with one attached hydrogen (secondary N) is 1. The van der Waals surface area contributed by atoms with Gasteiger partial charge in [-0.15, -0.1) is 0 Å². The number of benzene rings is 1. The van der Waals surface area contributed by atoms with Crippen molar-refractivity contribution in [2.75, 3.05) is 6.54 Å². The fraction of sp³-hybridized carbons (Fsp3) is 0.417. The summed E-state index contributed by atoms with van der Waals surface area (Å²) in [7, 11) is 0. The molecule has 88 valence electrons. The van der Waals surface area contributed by atoms with Crippen molar-refractivity contribution in [2.24, 2.45) is 0 Å². The lowest BCUT2D eigenvalue weighted by atomic mass is 10.1. The first-order valence-electron chi connectivity index (χ1n) is 5.27. The quantitative estimate of drug-likeness (QED) is 0.729. The summed E-state index contributed by atoms with van der Waals surface area (Å²) in [6.07, 6.45) is 0.749. The second kappa shape index (κ2) is 6.23. The standard InChI is InChI=1S/C12H16FNO2/c1-9-4-5-10(7-11(9)13)8-14-6-2-3-12(15)16/h4-5,7,14H,2-3,6,8H2,1H3,(H,15,16). The van der Waals surface area contributed by atoms with Gasteiger partial charge in [-0.25, -0.2) is 4.39 Å². The maximum Gasteiger partial charge on any atom is 0.303 e. The van der Waals surface area contributed by atoms with Crippen LogP contribution in [0.5, 0.6) is 0 Å². The number of aryl methyl sites for hydroxylation is 1. The minimum Gasteiger partial charge on any atom is -0.481 e. The molecule has 0 aliphatic rings. The molecular weight excluding hydrogens is 209 g/mol. The third-order valence-corrected chi connectivity index (χ3v) is 2.31. The van der Waals surface area contributed by atoms with Crippen LogP contribution in [0.2, 0.25) is 0 Å². The predicted octanol–water partition coefficient (Wildman–Crippen LogP) is 2.09. The second-order valence-corrected chi connectivity index (χ2v) is 3.76. The van der Waals surface area contributed by atoms with E-state index in [0.717, 1.165) is 5.56 Å². The third-order valence-electron chi connectivity index (χ3n) is 2.31. The number of carboxylic acids is 1. The molecule has 1 rings (SSSR count). The average Bonchev–Trinajstić information content (AvgIpc) is 2.22. The van der Waals surface area contributed by atoms with Gasteiger partial charge in [-0.3, -0.25) is 4.79 Å². The molecule has 0 amide bonds. The van der Waals surface area contributed by atoms with Crippen LogP contribution >= 0.6 is 0 Å².